The molecule has 5 heteroatoms. The van der Waals surface area contributed by atoms with Crippen LogP contribution >= 0.6 is 23.2 Å². The summed E-state index contributed by atoms with van der Waals surface area (Å²) in [6, 6.07) is 6.83. The summed E-state index contributed by atoms with van der Waals surface area (Å²) in [5.74, 6) is 0. The van der Waals surface area contributed by atoms with E-state index in [0.29, 0.717) is 27.7 Å². The standard InChI is InChI=1S/C10H6Cl2N2O/c11-8-2-1-6(3-9(8)12)10-4-7(5-15)13-14-10/h1-5H,(H,13,14). The predicted octanol–water partition coefficient (Wildman–Crippen LogP) is 3.20. The summed E-state index contributed by atoms with van der Waals surface area (Å²) in [4.78, 5) is 10.5. The van der Waals surface area contributed by atoms with Gasteiger partial charge in [0.1, 0.15) is 0 Å². The zero-order valence-corrected chi connectivity index (χ0v) is 9.01. The minimum Gasteiger partial charge on any atom is -0.296 e. The van der Waals surface area contributed by atoms with Crippen LogP contribution in [0.2, 0.25) is 10.0 Å². The molecule has 0 radical (unpaired) electrons. The highest BCUT2D eigenvalue weighted by Gasteiger charge is 2.05. The van der Waals surface area contributed by atoms with E-state index < -0.39 is 0 Å². The van der Waals surface area contributed by atoms with Crippen molar-refractivity contribution < 1.29 is 4.79 Å². The van der Waals surface area contributed by atoms with Crippen molar-refractivity contribution in [3.05, 3.63) is 40.0 Å². The fourth-order valence-corrected chi connectivity index (χ4v) is 1.50. The van der Waals surface area contributed by atoms with Crippen LogP contribution in [0.1, 0.15) is 10.5 Å². The second kappa shape index (κ2) is 4.04. The summed E-state index contributed by atoms with van der Waals surface area (Å²) in [6.45, 7) is 0. The lowest BCUT2D eigenvalue weighted by atomic mass is 10.1. The van der Waals surface area contributed by atoms with Gasteiger partial charge >= 0.3 is 0 Å². The minimum absolute atomic E-state index is 0.427. The van der Waals surface area contributed by atoms with Gasteiger partial charge in [-0.3, -0.25) is 9.89 Å². The van der Waals surface area contributed by atoms with Crippen molar-refractivity contribution in [2.75, 3.05) is 0 Å². The average Bonchev–Trinajstić information content (AvgIpc) is 2.70. The van der Waals surface area contributed by atoms with E-state index in [1.807, 2.05) is 0 Å². The highest BCUT2D eigenvalue weighted by atomic mass is 35.5. The maximum Gasteiger partial charge on any atom is 0.167 e. The highest BCUT2D eigenvalue weighted by Crippen LogP contribution is 2.27. The zero-order valence-electron chi connectivity index (χ0n) is 7.50. The molecular weight excluding hydrogens is 235 g/mol. The normalized spacial score (nSPS) is 10.3. The van der Waals surface area contributed by atoms with Crippen molar-refractivity contribution in [3.63, 3.8) is 0 Å². The van der Waals surface area contributed by atoms with Gasteiger partial charge in [-0.15, -0.1) is 0 Å². The van der Waals surface area contributed by atoms with Crippen LogP contribution in [0.3, 0.4) is 0 Å². The van der Waals surface area contributed by atoms with Crippen LogP contribution in [-0.4, -0.2) is 16.5 Å². The number of carbonyl (C=O) groups excluding carboxylic acids is 1. The number of carbonyl (C=O) groups is 1. The van der Waals surface area contributed by atoms with E-state index in [1.54, 1.807) is 24.3 Å². The number of aromatic amines is 1. The number of hydrogen-bond acceptors (Lipinski definition) is 2. The second-order valence-electron chi connectivity index (χ2n) is 2.96. The van der Waals surface area contributed by atoms with Crippen LogP contribution in [0.25, 0.3) is 11.3 Å². The summed E-state index contributed by atoms with van der Waals surface area (Å²) < 4.78 is 0. The maximum absolute atomic E-state index is 10.5. The van der Waals surface area contributed by atoms with Gasteiger partial charge in [-0.2, -0.15) is 5.10 Å². The molecule has 76 valence electrons. The molecule has 0 bridgehead atoms. The number of benzene rings is 1. The van der Waals surface area contributed by atoms with Crippen molar-refractivity contribution >= 4 is 29.5 Å². The third-order valence-electron chi connectivity index (χ3n) is 1.94. The first kappa shape index (κ1) is 10.2. The molecule has 1 aromatic heterocycles. The van der Waals surface area contributed by atoms with Gasteiger partial charge in [0.15, 0.2) is 6.29 Å². The molecule has 0 unspecified atom stereocenters. The van der Waals surface area contributed by atoms with Crippen LogP contribution < -0.4 is 0 Å². The Morgan fingerprint density at radius 3 is 2.60 bits per heavy atom. The zero-order chi connectivity index (χ0) is 10.8. The second-order valence-corrected chi connectivity index (χ2v) is 3.77. The summed E-state index contributed by atoms with van der Waals surface area (Å²) in [5, 5.41) is 7.52. The maximum atomic E-state index is 10.5. The van der Waals surface area contributed by atoms with Crippen LogP contribution in [0.5, 0.6) is 0 Å². The molecule has 1 heterocycles. The molecule has 0 aliphatic heterocycles. The number of nitrogens with one attached hydrogen (secondary N) is 1. The third kappa shape index (κ3) is 2.03. The van der Waals surface area contributed by atoms with Gasteiger partial charge in [0.05, 0.1) is 21.4 Å². The van der Waals surface area contributed by atoms with Crippen molar-refractivity contribution in [1.29, 1.82) is 0 Å². The number of hydrogen-bond donors (Lipinski definition) is 1. The fraction of sp³-hybridized carbons (Fsp3) is 0. The van der Waals surface area contributed by atoms with Gasteiger partial charge in [-0.25, -0.2) is 0 Å². The average molecular weight is 241 g/mol. The Balaban J connectivity index is 2.44. The smallest absolute Gasteiger partial charge is 0.167 e. The van der Waals surface area contributed by atoms with Crippen molar-refractivity contribution in [3.8, 4) is 11.3 Å². The quantitative estimate of drug-likeness (QED) is 0.820. The molecule has 0 spiro atoms. The summed E-state index contributed by atoms with van der Waals surface area (Å²) in [7, 11) is 0. The lowest BCUT2D eigenvalue weighted by Gasteiger charge is -1.98. The van der Waals surface area contributed by atoms with E-state index in [1.165, 1.54) is 0 Å². The Kier molecular flexibility index (Phi) is 2.75. The monoisotopic (exact) mass is 240 g/mol. The van der Waals surface area contributed by atoms with E-state index in [-0.39, 0.29) is 0 Å². The van der Waals surface area contributed by atoms with E-state index in [0.717, 1.165) is 5.56 Å². The Morgan fingerprint density at radius 1 is 1.20 bits per heavy atom. The topological polar surface area (TPSA) is 45.8 Å². The van der Waals surface area contributed by atoms with Gasteiger partial charge in [0.2, 0.25) is 0 Å². The SMILES string of the molecule is O=Cc1cc(-c2ccc(Cl)c(Cl)c2)n[nH]1. The van der Waals surface area contributed by atoms with Gasteiger partial charge in [-0.05, 0) is 18.2 Å². The first-order chi connectivity index (χ1) is 7.20. The van der Waals surface area contributed by atoms with E-state index >= 15 is 0 Å². The van der Waals surface area contributed by atoms with Crippen molar-refractivity contribution in [2.24, 2.45) is 0 Å². The Morgan fingerprint density at radius 2 is 2.00 bits per heavy atom. The minimum atomic E-state index is 0.427. The number of H-pyrrole nitrogens is 1. The molecule has 1 N–H and O–H groups in total. The first-order valence-electron chi connectivity index (χ1n) is 4.16. The van der Waals surface area contributed by atoms with E-state index in [4.69, 9.17) is 23.2 Å². The van der Waals surface area contributed by atoms with Gasteiger partial charge in [0, 0.05) is 5.56 Å². The Hall–Kier alpha value is -1.32. The lowest BCUT2D eigenvalue weighted by Crippen LogP contribution is -1.78. The molecule has 0 atom stereocenters. The van der Waals surface area contributed by atoms with E-state index in [9.17, 15) is 4.79 Å². The molecule has 0 aliphatic carbocycles. The molecule has 2 aromatic rings. The number of aldehydes is 1. The molecule has 1 aromatic carbocycles. The van der Waals surface area contributed by atoms with E-state index in [2.05, 4.69) is 10.2 Å². The summed E-state index contributed by atoms with van der Waals surface area (Å²) in [6.07, 6.45) is 0.702. The third-order valence-corrected chi connectivity index (χ3v) is 2.68. The molecule has 2 rings (SSSR count). The molecule has 0 fully saturated rings. The number of rotatable bonds is 2. The molecule has 0 aliphatic rings. The highest BCUT2D eigenvalue weighted by molar-refractivity contribution is 6.42. The Bertz CT molecular complexity index is 508. The molecular formula is C10H6Cl2N2O. The molecule has 15 heavy (non-hydrogen) atoms. The summed E-state index contributed by atoms with van der Waals surface area (Å²) >= 11 is 11.6. The number of aromatic nitrogens is 2. The largest absolute Gasteiger partial charge is 0.296 e. The first-order valence-corrected chi connectivity index (χ1v) is 4.92. The van der Waals surface area contributed by atoms with Gasteiger partial charge in [-0.1, -0.05) is 29.3 Å². The molecule has 0 amide bonds. The van der Waals surface area contributed by atoms with Gasteiger partial charge < -0.3 is 0 Å². The summed E-state index contributed by atoms with van der Waals surface area (Å²) in [5.41, 5.74) is 1.90. The number of nitrogens with zero attached hydrogens (tertiary/aromatic N) is 1. The van der Waals surface area contributed by atoms with Crippen molar-refractivity contribution in [2.45, 2.75) is 0 Å². The van der Waals surface area contributed by atoms with Crippen LogP contribution in [0, 0.1) is 0 Å². The number of halogens is 2. The predicted molar refractivity (Wildman–Crippen MR) is 59.4 cm³/mol. The van der Waals surface area contributed by atoms with Crippen molar-refractivity contribution in [1.82, 2.24) is 10.2 Å². The van der Waals surface area contributed by atoms with Crippen LogP contribution in [0.4, 0.5) is 0 Å². The fourth-order valence-electron chi connectivity index (χ4n) is 1.20. The van der Waals surface area contributed by atoms with Crippen LogP contribution in [0.15, 0.2) is 24.3 Å². The molecule has 0 saturated heterocycles. The lowest BCUT2D eigenvalue weighted by molar-refractivity contribution is 0.111. The Labute approximate surface area is 96.0 Å². The van der Waals surface area contributed by atoms with Gasteiger partial charge in [0.25, 0.3) is 0 Å². The van der Waals surface area contributed by atoms with Crippen LogP contribution in [-0.2, 0) is 0 Å². The molecule has 0 saturated carbocycles. The molecule has 3 nitrogen and oxygen atoms in total.